The van der Waals surface area contributed by atoms with Crippen molar-refractivity contribution in [1.82, 2.24) is 5.32 Å². The Kier molecular flexibility index (Phi) is 5.47. The molecule has 1 amide bonds. The lowest BCUT2D eigenvalue weighted by molar-refractivity contribution is -0.0498. The molecule has 0 aliphatic heterocycles. The van der Waals surface area contributed by atoms with E-state index >= 15 is 0 Å². The van der Waals surface area contributed by atoms with E-state index < -0.39 is 31.8 Å². The van der Waals surface area contributed by atoms with Crippen LogP contribution < -0.4 is 10.1 Å². The van der Waals surface area contributed by atoms with Gasteiger partial charge < -0.3 is 20.3 Å². The first-order valence-corrected chi connectivity index (χ1v) is 5.14. The van der Waals surface area contributed by atoms with Crippen LogP contribution in [0.15, 0.2) is 24.3 Å². The normalized spacial score (nSPS) is 10.8. The van der Waals surface area contributed by atoms with E-state index in [0.29, 0.717) is 0 Å². The number of halogens is 2. The van der Waals surface area contributed by atoms with Gasteiger partial charge in [-0.2, -0.15) is 8.78 Å². The molecule has 3 N–H and O–H groups in total. The molecule has 0 unspecified atom stereocenters. The topological polar surface area (TPSA) is 78.8 Å². The average Bonchev–Trinajstić information content (AvgIpc) is 2.35. The second-order valence-corrected chi connectivity index (χ2v) is 3.44. The molecule has 5 nitrogen and oxygen atoms in total. The highest BCUT2D eigenvalue weighted by atomic mass is 19.3. The third-order valence-corrected chi connectivity index (χ3v) is 2.10. The molecule has 18 heavy (non-hydrogen) atoms. The molecule has 0 radical (unpaired) electrons. The Morgan fingerprint density at radius 2 is 2.00 bits per heavy atom. The standard InChI is InChI=1S/C11H13F2NO4/c12-11(13)18-9-3-1-2-7(4-9)10(17)14-8(5-15)6-16/h1-4,8,11,15-16H,5-6H2,(H,14,17). The van der Waals surface area contributed by atoms with E-state index in [-0.39, 0.29) is 11.3 Å². The van der Waals surface area contributed by atoms with Crippen molar-refractivity contribution < 1.29 is 28.5 Å². The minimum absolute atomic E-state index is 0.0973. The van der Waals surface area contributed by atoms with E-state index in [0.717, 1.165) is 6.07 Å². The van der Waals surface area contributed by atoms with Crippen LogP contribution in [0.2, 0.25) is 0 Å². The number of aliphatic hydroxyl groups is 2. The molecule has 0 saturated carbocycles. The summed E-state index contributed by atoms with van der Waals surface area (Å²) in [6.07, 6.45) is 0. The molecule has 1 aromatic carbocycles. The fourth-order valence-corrected chi connectivity index (χ4v) is 1.23. The molecular weight excluding hydrogens is 248 g/mol. The fraction of sp³-hybridized carbons (Fsp3) is 0.364. The van der Waals surface area contributed by atoms with Gasteiger partial charge in [0.25, 0.3) is 5.91 Å². The maximum Gasteiger partial charge on any atom is 0.387 e. The highest BCUT2D eigenvalue weighted by Gasteiger charge is 2.13. The van der Waals surface area contributed by atoms with Crippen molar-refractivity contribution in [2.45, 2.75) is 12.7 Å². The van der Waals surface area contributed by atoms with Crippen LogP contribution in [0.1, 0.15) is 10.4 Å². The molecule has 0 spiro atoms. The summed E-state index contributed by atoms with van der Waals surface area (Å²) < 4.78 is 28.1. The molecule has 0 saturated heterocycles. The van der Waals surface area contributed by atoms with Crippen molar-refractivity contribution in [3.05, 3.63) is 29.8 Å². The van der Waals surface area contributed by atoms with E-state index in [4.69, 9.17) is 10.2 Å². The Morgan fingerprint density at radius 3 is 2.56 bits per heavy atom. The number of alkyl halides is 2. The highest BCUT2D eigenvalue weighted by molar-refractivity contribution is 5.94. The first kappa shape index (κ1) is 14.3. The number of benzene rings is 1. The van der Waals surface area contributed by atoms with Crippen molar-refractivity contribution >= 4 is 5.91 Å². The molecule has 0 aliphatic carbocycles. The summed E-state index contributed by atoms with van der Waals surface area (Å²) in [6, 6.07) is 4.43. The maximum atomic E-state index is 12.0. The molecule has 0 fully saturated rings. The number of hydrogen-bond donors (Lipinski definition) is 3. The number of rotatable bonds is 6. The fourth-order valence-electron chi connectivity index (χ4n) is 1.23. The number of aliphatic hydroxyl groups excluding tert-OH is 2. The van der Waals surface area contributed by atoms with Crippen LogP contribution in [-0.4, -0.2) is 42.0 Å². The lowest BCUT2D eigenvalue weighted by atomic mass is 10.2. The van der Waals surface area contributed by atoms with Gasteiger partial charge in [-0.1, -0.05) is 6.07 Å². The number of ether oxygens (including phenoxy) is 1. The smallest absolute Gasteiger partial charge is 0.387 e. The van der Waals surface area contributed by atoms with Gasteiger partial charge in [0.05, 0.1) is 19.3 Å². The first-order chi connectivity index (χ1) is 8.56. The van der Waals surface area contributed by atoms with Crippen LogP contribution in [0.5, 0.6) is 5.75 Å². The number of hydrogen-bond acceptors (Lipinski definition) is 4. The zero-order valence-corrected chi connectivity index (χ0v) is 9.35. The van der Waals surface area contributed by atoms with Crippen molar-refractivity contribution in [2.75, 3.05) is 13.2 Å². The predicted octanol–water partition coefficient (Wildman–Crippen LogP) is 0.371. The summed E-state index contributed by atoms with van der Waals surface area (Å²) in [4.78, 5) is 11.6. The van der Waals surface area contributed by atoms with Gasteiger partial charge in [0, 0.05) is 5.56 Å². The summed E-state index contributed by atoms with van der Waals surface area (Å²) in [7, 11) is 0. The predicted molar refractivity (Wildman–Crippen MR) is 58.5 cm³/mol. The second-order valence-electron chi connectivity index (χ2n) is 3.44. The average molecular weight is 261 g/mol. The molecule has 1 aromatic rings. The SMILES string of the molecule is O=C(NC(CO)CO)c1cccc(OC(F)F)c1. The van der Waals surface area contributed by atoms with Crippen molar-refractivity contribution in [2.24, 2.45) is 0 Å². The Balaban J connectivity index is 2.73. The molecule has 0 heterocycles. The van der Waals surface area contributed by atoms with Crippen molar-refractivity contribution in [3.8, 4) is 5.75 Å². The van der Waals surface area contributed by atoms with Crippen LogP contribution in [0, 0.1) is 0 Å². The minimum Gasteiger partial charge on any atom is -0.435 e. The van der Waals surface area contributed by atoms with Gasteiger partial charge in [-0.05, 0) is 18.2 Å². The molecule has 100 valence electrons. The largest absolute Gasteiger partial charge is 0.435 e. The summed E-state index contributed by atoms with van der Waals surface area (Å²) in [6.45, 7) is -3.81. The van der Waals surface area contributed by atoms with Gasteiger partial charge in [0.15, 0.2) is 0 Å². The third kappa shape index (κ3) is 4.27. The first-order valence-electron chi connectivity index (χ1n) is 5.14. The highest BCUT2D eigenvalue weighted by Crippen LogP contribution is 2.15. The molecular formula is C11H13F2NO4. The van der Waals surface area contributed by atoms with E-state index in [1.54, 1.807) is 0 Å². The third-order valence-electron chi connectivity index (χ3n) is 2.10. The Labute approximate surface area is 102 Å². The van der Waals surface area contributed by atoms with Gasteiger partial charge >= 0.3 is 6.61 Å². The molecule has 1 rings (SSSR count). The monoisotopic (exact) mass is 261 g/mol. The lowest BCUT2D eigenvalue weighted by Gasteiger charge is -2.13. The maximum absolute atomic E-state index is 12.0. The number of nitrogens with one attached hydrogen (secondary N) is 1. The molecule has 0 bridgehead atoms. The van der Waals surface area contributed by atoms with Crippen LogP contribution in [0.4, 0.5) is 8.78 Å². The van der Waals surface area contributed by atoms with Crippen molar-refractivity contribution in [1.29, 1.82) is 0 Å². The zero-order valence-electron chi connectivity index (χ0n) is 9.35. The molecule has 7 heteroatoms. The number of amides is 1. The lowest BCUT2D eigenvalue weighted by Crippen LogP contribution is -2.40. The summed E-state index contributed by atoms with van der Waals surface area (Å²) in [5.74, 6) is -0.731. The van der Waals surface area contributed by atoms with Crippen LogP contribution in [0.25, 0.3) is 0 Å². The Hall–Kier alpha value is -1.73. The molecule has 0 aliphatic rings. The minimum atomic E-state index is -2.97. The number of carbonyl (C=O) groups excluding carboxylic acids is 1. The van der Waals surface area contributed by atoms with Crippen LogP contribution in [0.3, 0.4) is 0 Å². The number of carbonyl (C=O) groups is 1. The Morgan fingerprint density at radius 1 is 1.33 bits per heavy atom. The van der Waals surface area contributed by atoms with E-state index in [2.05, 4.69) is 10.1 Å². The Bertz CT molecular complexity index is 396. The van der Waals surface area contributed by atoms with E-state index in [9.17, 15) is 13.6 Å². The van der Waals surface area contributed by atoms with E-state index in [1.807, 2.05) is 0 Å². The van der Waals surface area contributed by atoms with Crippen molar-refractivity contribution in [3.63, 3.8) is 0 Å². The van der Waals surface area contributed by atoms with E-state index in [1.165, 1.54) is 18.2 Å². The van der Waals surface area contributed by atoms with Gasteiger partial charge in [-0.3, -0.25) is 4.79 Å². The van der Waals surface area contributed by atoms with Gasteiger partial charge in [0.1, 0.15) is 5.75 Å². The van der Waals surface area contributed by atoms with Gasteiger partial charge in [0.2, 0.25) is 0 Å². The summed E-state index contributed by atoms with van der Waals surface area (Å²) in [5, 5.41) is 19.9. The zero-order chi connectivity index (χ0) is 13.5. The van der Waals surface area contributed by atoms with Gasteiger partial charge in [-0.15, -0.1) is 0 Å². The molecule has 0 aromatic heterocycles. The second kappa shape index (κ2) is 6.87. The summed E-state index contributed by atoms with van der Waals surface area (Å²) in [5.41, 5.74) is 0.0973. The van der Waals surface area contributed by atoms with Crippen LogP contribution in [-0.2, 0) is 0 Å². The summed E-state index contributed by atoms with van der Waals surface area (Å²) >= 11 is 0. The molecule has 0 atom stereocenters. The quantitative estimate of drug-likeness (QED) is 0.691. The van der Waals surface area contributed by atoms with Gasteiger partial charge in [-0.25, -0.2) is 0 Å². The van der Waals surface area contributed by atoms with Crippen LogP contribution >= 0.6 is 0 Å².